The molecule has 0 spiro atoms. The molecule has 124 valence electrons. The Kier molecular flexibility index (Phi) is 4.77. The first kappa shape index (κ1) is 16.1. The SMILES string of the molecule is CCCCc1nc2sc(C(=O)N3CCNCC3)c(C)c2c(=O)o1. The van der Waals surface area contributed by atoms with Crippen LogP contribution in [0, 0.1) is 6.92 Å². The minimum Gasteiger partial charge on any atom is -0.408 e. The van der Waals surface area contributed by atoms with Crippen LogP contribution in [0.4, 0.5) is 0 Å². The number of aryl methyl sites for hydroxylation is 2. The van der Waals surface area contributed by atoms with Crippen molar-refractivity contribution in [2.45, 2.75) is 33.1 Å². The summed E-state index contributed by atoms with van der Waals surface area (Å²) in [5.74, 6) is 0.452. The molecule has 0 aromatic carbocycles. The fraction of sp³-hybridized carbons (Fsp3) is 0.562. The lowest BCUT2D eigenvalue weighted by atomic mass is 10.2. The van der Waals surface area contributed by atoms with Gasteiger partial charge in [0.2, 0.25) is 0 Å². The first-order valence-corrected chi connectivity index (χ1v) is 8.86. The summed E-state index contributed by atoms with van der Waals surface area (Å²) in [6.07, 6.45) is 2.59. The van der Waals surface area contributed by atoms with Gasteiger partial charge in [-0.05, 0) is 18.9 Å². The fourth-order valence-corrected chi connectivity index (χ4v) is 3.91. The molecule has 0 bridgehead atoms. The zero-order valence-corrected chi connectivity index (χ0v) is 14.3. The number of nitrogens with one attached hydrogen (secondary N) is 1. The van der Waals surface area contributed by atoms with Gasteiger partial charge in [0, 0.05) is 32.6 Å². The Bertz CT molecular complexity index is 775. The van der Waals surface area contributed by atoms with Crippen LogP contribution in [0.2, 0.25) is 0 Å². The average Bonchev–Trinajstić information content (AvgIpc) is 2.90. The number of hydrogen-bond acceptors (Lipinski definition) is 6. The summed E-state index contributed by atoms with van der Waals surface area (Å²) in [6, 6.07) is 0. The molecule has 2 aromatic rings. The molecule has 3 rings (SSSR count). The largest absolute Gasteiger partial charge is 0.408 e. The van der Waals surface area contributed by atoms with E-state index in [0.29, 0.717) is 46.1 Å². The van der Waals surface area contributed by atoms with E-state index >= 15 is 0 Å². The molecule has 1 saturated heterocycles. The Morgan fingerprint density at radius 1 is 1.39 bits per heavy atom. The predicted molar refractivity (Wildman–Crippen MR) is 90.3 cm³/mol. The molecule has 0 radical (unpaired) electrons. The zero-order chi connectivity index (χ0) is 16.4. The van der Waals surface area contributed by atoms with E-state index in [2.05, 4.69) is 17.2 Å². The summed E-state index contributed by atoms with van der Waals surface area (Å²) in [5, 5.41) is 3.68. The number of carbonyl (C=O) groups is 1. The summed E-state index contributed by atoms with van der Waals surface area (Å²) in [4.78, 5) is 32.5. The van der Waals surface area contributed by atoms with Gasteiger partial charge in [0.15, 0.2) is 5.89 Å². The monoisotopic (exact) mass is 335 g/mol. The van der Waals surface area contributed by atoms with Crippen molar-refractivity contribution in [1.29, 1.82) is 0 Å². The van der Waals surface area contributed by atoms with Gasteiger partial charge in [-0.3, -0.25) is 4.79 Å². The maximum atomic E-state index is 12.7. The quantitative estimate of drug-likeness (QED) is 0.924. The molecule has 3 heterocycles. The van der Waals surface area contributed by atoms with E-state index < -0.39 is 0 Å². The lowest BCUT2D eigenvalue weighted by Crippen LogP contribution is -2.46. The van der Waals surface area contributed by atoms with E-state index in [-0.39, 0.29) is 11.5 Å². The van der Waals surface area contributed by atoms with Crippen molar-refractivity contribution in [3.63, 3.8) is 0 Å². The lowest BCUT2D eigenvalue weighted by Gasteiger charge is -2.27. The first-order valence-electron chi connectivity index (χ1n) is 8.05. The van der Waals surface area contributed by atoms with Gasteiger partial charge >= 0.3 is 5.63 Å². The molecule has 1 fully saturated rings. The second-order valence-corrected chi connectivity index (χ2v) is 6.78. The number of nitrogens with zero attached hydrogens (tertiary/aromatic N) is 2. The Morgan fingerprint density at radius 2 is 2.13 bits per heavy atom. The summed E-state index contributed by atoms with van der Waals surface area (Å²) < 4.78 is 5.32. The van der Waals surface area contributed by atoms with E-state index in [1.807, 2.05) is 4.90 Å². The molecule has 1 amide bonds. The van der Waals surface area contributed by atoms with E-state index in [1.54, 1.807) is 6.92 Å². The topological polar surface area (TPSA) is 75.4 Å². The summed E-state index contributed by atoms with van der Waals surface area (Å²) >= 11 is 1.30. The molecule has 0 aliphatic carbocycles. The van der Waals surface area contributed by atoms with Gasteiger partial charge in [-0.2, -0.15) is 0 Å². The fourth-order valence-electron chi connectivity index (χ4n) is 2.76. The van der Waals surface area contributed by atoms with Crippen molar-refractivity contribution in [3.05, 3.63) is 26.8 Å². The highest BCUT2D eigenvalue weighted by Gasteiger charge is 2.25. The first-order chi connectivity index (χ1) is 11.1. The smallest absolute Gasteiger partial charge is 0.348 e. The molecule has 2 aromatic heterocycles. The third kappa shape index (κ3) is 3.16. The van der Waals surface area contributed by atoms with Gasteiger partial charge in [-0.15, -0.1) is 11.3 Å². The number of hydrogen-bond donors (Lipinski definition) is 1. The zero-order valence-electron chi connectivity index (χ0n) is 13.5. The van der Waals surface area contributed by atoms with Crippen LogP contribution in [0.3, 0.4) is 0 Å². The number of rotatable bonds is 4. The van der Waals surface area contributed by atoms with Crippen LogP contribution >= 0.6 is 11.3 Å². The van der Waals surface area contributed by atoms with Crippen LogP contribution in [0.5, 0.6) is 0 Å². The van der Waals surface area contributed by atoms with Crippen molar-refractivity contribution in [3.8, 4) is 0 Å². The van der Waals surface area contributed by atoms with Crippen molar-refractivity contribution in [1.82, 2.24) is 15.2 Å². The third-order valence-electron chi connectivity index (χ3n) is 4.11. The van der Waals surface area contributed by atoms with Crippen LogP contribution in [0.15, 0.2) is 9.21 Å². The maximum absolute atomic E-state index is 12.7. The molecular weight excluding hydrogens is 314 g/mol. The molecule has 1 N–H and O–H groups in total. The molecule has 0 saturated carbocycles. The van der Waals surface area contributed by atoms with Crippen LogP contribution in [0.25, 0.3) is 10.2 Å². The highest BCUT2D eigenvalue weighted by Crippen LogP contribution is 2.28. The number of amides is 1. The van der Waals surface area contributed by atoms with Gasteiger partial charge in [-0.1, -0.05) is 13.3 Å². The Balaban J connectivity index is 1.98. The molecule has 0 atom stereocenters. The minimum absolute atomic E-state index is 0.0125. The normalized spacial score (nSPS) is 15.3. The molecular formula is C16H21N3O3S. The summed E-state index contributed by atoms with van der Waals surface area (Å²) in [7, 11) is 0. The highest BCUT2D eigenvalue weighted by atomic mass is 32.1. The van der Waals surface area contributed by atoms with E-state index in [0.717, 1.165) is 25.9 Å². The number of thiophene rings is 1. The molecule has 1 aliphatic rings. The third-order valence-corrected chi connectivity index (χ3v) is 5.29. The van der Waals surface area contributed by atoms with Crippen LogP contribution in [-0.2, 0) is 6.42 Å². The van der Waals surface area contributed by atoms with Crippen molar-refractivity contribution < 1.29 is 9.21 Å². The van der Waals surface area contributed by atoms with Crippen molar-refractivity contribution in [2.24, 2.45) is 0 Å². The Labute approximate surface area is 138 Å². The molecule has 7 heteroatoms. The van der Waals surface area contributed by atoms with Gasteiger partial charge in [0.25, 0.3) is 5.91 Å². The van der Waals surface area contributed by atoms with E-state index in [4.69, 9.17) is 4.42 Å². The van der Waals surface area contributed by atoms with Crippen molar-refractivity contribution >= 4 is 27.5 Å². The van der Waals surface area contributed by atoms with E-state index in [1.165, 1.54) is 11.3 Å². The summed E-state index contributed by atoms with van der Waals surface area (Å²) in [5.41, 5.74) is 0.311. The number of carbonyl (C=O) groups excluding carboxylic acids is 1. The number of unbranched alkanes of at least 4 members (excludes halogenated alkanes) is 1. The second-order valence-electron chi connectivity index (χ2n) is 5.78. The molecule has 1 aliphatic heterocycles. The number of aromatic nitrogens is 1. The standard InChI is InChI=1S/C16H21N3O3S/c1-3-4-5-11-18-14-12(16(21)22-11)10(2)13(23-14)15(20)19-8-6-17-7-9-19/h17H,3-9H2,1-2H3. The predicted octanol–water partition coefficient (Wildman–Crippen LogP) is 1.95. The number of piperazine rings is 1. The van der Waals surface area contributed by atoms with Crippen LogP contribution in [-0.4, -0.2) is 42.0 Å². The van der Waals surface area contributed by atoms with Gasteiger partial charge in [0.1, 0.15) is 10.2 Å². The van der Waals surface area contributed by atoms with E-state index in [9.17, 15) is 9.59 Å². The second kappa shape index (κ2) is 6.80. The summed E-state index contributed by atoms with van der Waals surface area (Å²) in [6.45, 7) is 6.87. The Morgan fingerprint density at radius 3 is 2.83 bits per heavy atom. The number of fused-ring (bicyclic) bond motifs is 1. The minimum atomic E-state index is -0.380. The van der Waals surface area contributed by atoms with Gasteiger partial charge in [0.05, 0.1) is 4.88 Å². The Hall–Kier alpha value is -1.73. The van der Waals surface area contributed by atoms with Crippen molar-refractivity contribution in [2.75, 3.05) is 26.2 Å². The lowest BCUT2D eigenvalue weighted by molar-refractivity contribution is 0.0740. The molecule has 0 unspecified atom stereocenters. The average molecular weight is 335 g/mol. The molecule has 23 heavy (non-hydrogen) atoms. The highest BCUT2D eigenvalue weighted by molar-refractivity contribution is 7.20. The maximum Gasteiger partial charge on any atom is 0.348 e. The van der Waals surface area contributed by atoms with Crippen LogP contribution < -0.4 is 10.9 Å². The van der Waals surface area contributed by atoms with Crippen LogP contribution in [0.1, 0.15) is 40.9 Å². The van der Waals surface area contributed by atoms with Gasteiger partial charge in [-0.25, -0.2) is 9.78 Å². The molecule has 6 nitrogen and oxygen atoms in total. The van der Waals surface area contributed by atoms with Gasteiger partial charge < -0.3 is 14.6 Å².